The normalized spacial score (nSPS) is 18.9. The maximum Gasteiger partial charge on any atom is 0.0258 e. The van der Waals surface area contributed by atoms with Gasteiger partial charge in [-0.3, -0.25) is 0 Å². The van der Waals surface area contributed by atoms with Crippen LogP contribution in [0.4, 0.5) is 0 Å². The second-order valence-corrected chi connectivity index (χ2v) is 6.39. The smallest absolute Gasteiger partial charge is 0.0258 e. The Morgan fingerprint density at radius 2 is 1.83 bits per heavy atom. The highest BCUT2D eigenvalue weighted by Gasteiger charge is 2.31. The van der Waals surface area contributed by atoms with Gasteiger partial charge in [-0.2, -0.15) is 0 Å². The Labute approximate surface area is 117 Å². The van der Waals surface area contributed by atoms with Crippen LogP contribution in [0.25, 0.3) is 0 Å². The summed E-state index contributed by atoms with van der Waals surface area (Å²) in [5.74, 6) is 0.683. The molecule has 2 aromatic carbocycles. The highest BCUT2D eigenvalue weighted by atomic mass is 79.9. The Bertz CT molecular complexity index is 542. The van der Waals surface area contributed by atoms with Gasteiger partial charge in [-0.1, -0.05) is 70.0 Å². The van der Waals surface area contributed by atoms with E-state index in [2.05, 4.69) is 71.4 Å². The molecule has 0 amide bonds. The molecule has 0 aromatic heterocycles. The van der Waals surface area contributed by atoms with Gasteiger partial charge in [0, 0.05) is 10.7 Å². The van der Waals surface area contributed by atoms with E-state index in [4.69, 9.17) is 0 Å². The molecular weight excluding hydrogens is 284 g/mol. The number of aryl methyl sites for hydroxylation is 1. The molecule has 0 radical (unpaired) electrons. The maximum atomic E-state index is 3.88. The molecule has 0 saturated heterocycles. The van der Waals surface area contributed by atoms with E-state index in [1.807, 2.05) is 0 Å². The number of rotatable bonds is 3. The zero-order chi connectivity index (χ0) is 12.5. The van der Waals surface area contributed by atoms with Crippen LogP contribution in [-0.4, -0.2) is 4.83 Å². The molecule has 92 valence electrons. The zero-order valence-electron chi connectivity index (χ0n) is 10.6. The molecule has 0 fully saturated rings. The topological polar surface area (TPSA) is 0 Å². The number of benzene rings is 2. The molecule has 3 rings (SSSR count). The molecule has 2 unspecified atom stereocenters. The van der Waals surface area contributed by atoms with E-state index in [0.717, 1.165) is 6.42 Å². The summed E-state index contributed by atoms with van der Waals surface area (Å²) >= 11 is 3.88. The van der Waals surface area contributed by atoms with Crippen molar-refractivity contribution in [2.45, 2.75) is 30.5 Å². The van der Waals surface area contributed by atoms with Gasteiger partial charge in [0.25, 0.3) is 0 Å². The minimum atomic E-state index is 0.551. The third-order valence-corrected chi connectivity index (χ3v) is 4.84. The average Bonchev–Trinajstić information content (AvgIpc) is 2.34. The number of fused-ring (bicyclic) bond motifs is 1. The molecule has 2 atom stereocenters. The summed E-state index contributed by atoms with van der Waals surface area (Å²) in [6.07, 6.45) is 2.33. The number of hydrogen-bond donors (Lipinski definition) is 0. The van der Waals surface area contributed by atoms with Crippen molar-refractivity contribution in [2.24, 2.45) is 0 Å². The lowest BCUT2D eigenvalue weighted by molar-refractivity contribution is 0.580. The lowest BCUT2D eigenvalue weighted by Gasteiger charge is -2.34. The fraction of sp³-hybridized carbons (Fsp3) is 0.294. The Kier molecular flexibility index (Phi) is 3.25. The van der Waals surface area contributed by atoms with Crippen molar-refractivity contribution in [1.29, 1.82) is 0 Å². The second kappa shape index (κ2) is 4.89. The van der Waals surface area contributed by atoms with Crippen molar-refractivity contribution in [1.82, 2.24) is 0 Å². The van der Waals surface area contributed by atoms with Gasteiger partial charge in [0.05, 0.1) is 0 Å². The lowest BCUT2D eigenvalue weighted by Crippen LogP contribution is -2.26. The summed E-state index contributed by atoms with van der Waals surface area (Å²) in [6, 6.07) is 17.7. The predicted molar refractivity (Wildman–Crippen MR) is 80.5 cm³/mol. The van der Waals surface area contributed by atoms with Gasteiger partial charge in [0.2, 0.25) is 0 Å². The van der Waals surface area contributed by atoms with Crippen molar-refractivity contribution in [3.63, 3.8) is 0 Å². The summed E-state index contributed by atoms with van der Waals surface area (Å²) in [5.41, 5.74) is 5.81. The summed E-state index contributed by atoms with van der Waals surface area (Å²) in [7, 11) is 0. The van der Waals surface area contributed by atoms with Crippen LogP contribution in [0, 0.1) is 6.92 Å². The molecule has 0 nitrogen and oxygen atoms in total. The molecule has 0 spiro atoms. The monoisotopic (exact) mass is 300 g/mol. The van der Waals surface area contributed by atoms with Gasteiger partial charge in [-0.05, 0) is 36.5 Å². The zero-order valence-corrected chi connectivity index (χ0v) is 12.2. The quantitative estimate of drug-likeness (QED) is 0.724. The SMILES string of the molecule is Cc1ccc(CC(Br)C2Cc3ccccc32)cc1. The third-order valence-electron chi connectivity index (χ3n) is 3.88. The Morgan fingerprint density at radius 1 is 1.11 bits per heavy atom. The van der Waals surface area contributed by atoms with Crippen LogP contribution >= 0.6 is 15.9 Å². The number of halogens is 1. The van der Waals surface area contributed by atoms with Crippen LogP contribution in [0.5, 0.6) is 0 Å². The minimum absolute atomic E-state index is 0.551. The fourth-order valence-electron chi connectivity index (χ4n) is 2.71. The van der Waals surface area contributed by atoms with Crippen molar-refractivity contribution in [3.8, 4) is 0 Å². The Morgan fingerprint density at radius 3 is 2.56 bits per heavy atom. The highest BCUT2D eigenvalue weighted by molar-refractivity contribution is 9.09. The molecule has 0 saturated carbocycles. The van der Waals surface area contributed by atoms with E-state index < -0.39 is 0 Å². The van der Waals surface area contributed by atoms with E-state index in [-0.39, 0.29) is 0 Å². The molecule has 0 heterocycles. The summed E-state index contributed by atoms with van der Waals surface area (Å²) in [4.78, 5) is 0.551. The number of hydrogen-bond acceptors (Lipinski definition) is 0. The van der Waals surface area contributed by atoms with Crippen LogP contribution in [0.1, 0.15) is 28.2 Å². The van der Waals surface area contributed by atoms with Gasteiger partial charge >= 0.3 is 0 Å². The molecule has 1 aliphatic carbocycles. The van der Waals surface area contributed by atoms with Gasteiger partial charge in [0.15, 0.2) is 0 Å². The van der Waals surface area contributed by atoms with Gasteiger partial charge in [-0.25, -0.2) is 0 Å². The fourth-order valence-corrected chi connectivity index (χ4v) is 3.56. The van der Waals surface area contributed by atoms with Crippen LogP contribution in [0.15, 0.2) is 48.5 Å². The molecule has 0 bridgehead atoms. The van der Waals surface area contributed by atoms with Gasteiger partial charge in [0.1, 0.15) is 0 Å². The van der Waals surface area contributed by atoms with E-state index in [1.165, 1.54) is 28.7 Å². The molecule has 1 heteroatoms. The Hall–Kier alpha value is -1.08. The molecule has 1 aliphatic rings. The first kappa shape index (κ1) is 12.0. The van der Waals surface area contributed by atoms with Crippen molar-refractivity contribution >= 4 is 15.9 Å². The van der Waals surface area contributed by atoms with E-state index in [9.17, 15) is 0 Å². The maximum absolute atomic E-state index is 3.88. The summed E-state index contributed by atoms with van der Waals surface area (Å²) < 4.78 is 0. The first-order valence-corrected chi connectivity index (χ1v) is 7.43. The third kappa shape index (κ3) is 2.24. The van der Waals surface area contributed by atoms with Crippen molar-refractivity contribution in [2.75, 3.05) is 0 Å². The summed E-state index contributed by atoms with van der Waals surface area (Å²) in [6.45, 7) is 2.14. The molecule has 0 N–H and O–H groups in total. The first-order valence-electron chi connectivity index (χ1n) is 6.51. The van der Waals surface area contributed by atoms with Gasteiger partial charge in [-0.15, -0.1) is 0 Å². The molecular formula is C17H17Br. The van der Waals surface area contributed by atoms with E-state index >= 15 is 0 Å². The highest BCUT2D eigenvalue weighted by Crippen LogP contribution is 2.41. The summed E-state index contributed by atoms with van der Waals surface area (Å²) in [5, 5.41) is 0. The molecule has 0 aliphatic heterocycles. The van der Waals surface area contributed by atoms with Crippen LogP contribution in [0.2, 0.25) is 0 Å². The lowest BCUT2D eigenvalue weighted by atomic mass is 9.75. The van der Waals surface area contributed by atoms with Gasteiger partial charge < -0.3 is 0 Å². The first-order chi connectivity index (χ1) is 8.74. The van der Waals surface area contributed by atoms with Crippen LogP contribution < -0.4 is 0 Å². The number of alkyl halides is 1. The Balaban J connectivity index is 1.70. The average molecular weight is 301 g/mol. The van der Waals surface area contributed by atoms with Crippen molar-refractivity contribution < 1.29 is 0 Å². The predicted octanol–water partition coefficient (Wildman–Crippen LogP) is 4.64. The van der Waals surface area contributed by atoms with Crippen LogP contribution in [0.3, 0.4) is 0 Å². The largest absolute Gasteiger partial charge is 0.0880 e. The standard InChI is InChI=1S/C17H17Br/c1-12-6-8-13(9-7-12)10-17(18)16-11-14-4-2-3-5-15(14)16/h2-9,16-17H,10-11H2,1H3. The minimum Gasteiger partial charge on any atom is -0.0880 e. The second-order valence-electron chi connectivity index (χ2n) is 5.22. The molecule has 18 heavy (non-hydrogen) atoms. The van der Waals surface area contributed by atoms with Crippen molar-refractivity contribution in [3.05, 3.63) is 70.8 Å². The van der Waals surface area contributed by atoms with E-state index in [1.54, 1.807) is 0 Å². The molecule has 2 aromatic rings. The van der Waals surface area contributed by atoms with Crippen LogP contribution in [-0.2, 0) is 12.8 Å². The van der Waals surface area contributed by atoms with E-state index in [0.29, 0.717) is 10.7 Å².